The number of hydrogen-bond donors (Lipinski definition) is 1. The van der Waals surface area contributed by atoms with E-state index in [2.05, 4.69) is 5.32 Å². The zero-order chi connectivity index (χ0) is 21.3. The molecule has 30 heavy (non-hydrogen) atoms. The van der Waals surface area contributed by atoms with Crippen molar-refractivity contribution in [2.24, 2.45) is 0 Å². The summed E-state index contributed by atoms with van der Waals surface area (Å²) in [6.45, 7) is -0.267. The Kier molecular flexibility index (Phi) is 5.20. The topological polar surface area (TPSA) is 92.5 Å². The minimum absolute atomic E-state index is 0.0818. The average Bonchev–Trinajstić information content (AvgIpc) is 2.89. The van der Waals surface area contributed by atoms with Crippen LogP contribution in [0.25, 0.3) is 0 Å². The van der Waals surface area contributed by atoms with Gasteiger partial charge in [-0.05, 0) is 29.8 Å². The fraction of sp³-hybridized carbons (Fsp3) is 0.0909. The molecule has 1 aliphatic heterocycles. The molecule has 0 unspecified atom stereocenters. The Balaban J connectivity index is 1.92. The molecule has 1 N–H and O–H groups in total. The predicted molar refractivity (Wildman–Crippen MR) is 112 cm³/mol. The van der Waals surface area contributed by atoms with E-state index in [-0.39, 0.29) is 17.8 Å². The summed E-state index contributed by atoms with van der Waals surface area (Å²) >= 11 is 6.22. The lowest BCUT2D eigenvalue weighted by atomic mass is 9.95. The number of anilines is 1. The number of fused-ring (bicyclic) bond motifs is 1. The Hall–Kier alpha value is -3.71. The molecule has 0 aliphatic carbocycles. The second kappa shape index (κ2) is 7.96. The summed E-state index contributed by atoms with van der Waals surface area (Å²) in [5.74, 6) is -1.01. The maximum absolute atomic E-state index is 13.5. The van der Waals surface area contributed by atoms with E-state index >= 15 is 0 Å². The average molecular weight is 422 g/mol. The Morgan fingerprint density at radius 3 is 2.50 bits per heavy atom. The van der Waals surface area contributed by atoms with Crippen LogP contribution in [-0.4, -0.2) is 28.2 Å². The second-order valence-electron chi connectivity index (χ2n) is 6.80. The van der Waals surface area contributed by atoms with Gasteiger partial charge < -0.3 is 10.2 Å². The Bertz CT molecular complexity index is 1150. The van der Waals surface area contributed by atoms with Gasteiger partial charge in [-0.3, -0.25) is 19.7 Å². The molecular weight excluding hydrogens is 406 g/mol. The van der Waals surface area contributed by atoms with Crippen molar-refractivity contribution in [2.45, 2.75) is 6.04 Å². The number of hydrogen-bond acceptors (Lipinski definition) is 4. The van der Waals surface area contributed by atoms with E-state index in [0.717, 1.165) is 5.56 Å². The third kappa shape index (κ3) is 3.62. The van der Waals surface area contributed by atoms with Gasteiger partial charge in [-0.2, -0.15) is 0 Å². The quantitative estimate of drug-likeness (QED) is 0.500. The summed E-state index contributed by atoms with van der Waals surface area (Å²) in [4.78, 5) is 38.3. The summed E-state index contributed by atoms with van der Waals surface area (Å²) in [5, 5.41) is 14.7. The van der Waals surface area contributed by atoms with Crippen LogP contribution in [0, 0.1) is 10.1 Å². The lowest BCUT2D eigenvalue weighted by Crippen LogP contribution is -2.39. The van der Waals surface area contributed by atoms with Crippen LogP contribution in [0.2, 0.25) is 5.02 Å². The van der Waals surface area contributed by atoms with Crippen LogP contribution in [0.15, 0.2) is 72.8 Å². The van der Waals surface area contributed by atoms with Crippen molar-refractivity contribution in [3.05, 3.63) is 105 Å². The van der Waals surface area contributed by atoms with Crippen LogP contribution in [0.5, 0.6) is 0 Å². The number of para-hydroxylation sites is 1. The molecule has 1 heterocycles. The molecule has 0 spiro atoms. The van der Waals surface area contributed by atoms with E-state index in [1.165, 1.54) is 23.1 Å². The summed E-state index contributed by atoms with van der Waals surface area (Å²) in [5.41, 5.74) is 1.53. The van der Waals surface area contributed by atoms with Gasteiger partial charge in [-0.1, -0.05) is 54.1 Å². The van der Waals surface area contributed by atoms with Gasteiger partial charge in [0.15, 0.2) is 0 Å². The molecule has 4 rings (SSSR count). The van der Waals surface area contributed by atoms with Crippen molar-refractivity contribution in [3.8, 4) is 0 Å². The molecule has 0 bridgehead atoms. The number of carbonyl (C=O) groups excluding carboxylic acids is 2. The smallest absolute Gasteiger partial charge is 0.282 e. The van der Waals surface area contributed by atoms with Crippen molar-refractivity contribution in [2.75, 3.05) is 11.9 Å². The van der Waals surface area contributed by atoms with Crippen LogP contribution < -0.4 is 5.32 Å². The molecule has 3 aromatic carbocycles. The number of rotatable bonds is 3. The molecule has 0 saturated heterocycles. The van der Waals surface area contributed by atoms with Crippen LogP contribution in [0.1, 0.15) is 27.5 Å². The van der Waals surface area contributed by atoms with Crippen molar-refractivity contribution in [1.29, 1.82) is 0 Å². The predicted octanol–water partition coefficient (Wildman–Crippen LogP) is 4.43. The number of nitrogens with zero attached hydrogens (tertiary/aromatic N) is 2. The monoisotopic (exact) mass is 421 g/mol. The third-order valence-corrected chi connectivity index (χ3v) is 5.15. The highest BCUT2D eigenvalue weighted by atomic mass is 35.5. The highest BCUT2D eigenvalue weighted by Crippen LogP contribution is 2.38. The lowest BCUT2D eigenvalue weighted by Gasteiger charge is -2.30. The normalized spacial score (nSPS) is 15.7. The van der Waals surface area contributed by atoms with E-state index in [9.17, 15) is 19.7 Å². The summed E-state index contributed by atoms with van der Waals surface area (Å²) in [6, 6.07) is 19.3. The number of nitrogens with one attached hydrogen (secondary N) is 1. The van der Waals surface area contributed by atoms with Gasteiger partial charge in [-0.25, -0.2) is 0 Å². The zero-order valence-electron chi connectivity index (χ0n) is 15.6. The first-order valence-corrected chi connectivity index (χ1v) is 9.52. The number of nitro benzene ring substituents is 1. The minimum atomic E-state index is -0.661. The van der Waals surface area contributed by atoms with Crippen molar-refractivity contribution in [1.82, 2.24) is 4.90 Å². The van der Waals surface area contributed by atoms with Crippen LogP contribution in [-0.2, 0) is 4.79 Å². The van der Waals surface area contributed by atoms with Gasteiger partial charge >= 0.3 is 0 Å². The fourth-order valence-electron chi connectivity index (χ4n) is 3.63. The SMILES string of the molecule is O=C1CN(C(=O)c2ccccc2[N+](=O)[O-])[C@@H](c2ccccc2)c2cc(Cl)ccc2N1. The van der Waals surface area contributed by atoms with Gasteiger partial charge in [0.2, 0.25) is 5.91 Å². The molecule has 0 saturated carbocycles. The van der Waals surface area contributed by atoms with Crippen molar-refractivity contribution >= 4 is 34.8 Å². The molecule has 1 atom stereocenters. The lowest BCUT2D eigenvalue weighted by molar-refractivity contribution is -0.385. The van der Waals surface area contributed by atoms with E-state index in [4.69, 9.17) is 11.6 Å². The third-order valence-electron chi connectivity index (χ3n) is 4.92. The number of halogens is 1. The minimum Gasteiger partial charge on any atom is -0.324 e. The van der Waals surface area contributed by atoms with Crippen LogP contribution in [0.3, 0.4) is 0 Å². The van der Waals surface area contributed by atoms with Gasteiger partial charge in [0.1, 0.15) is 12.1 Å². The molecule has 2 amide bonds. The van der Waals surface area contributed by atoms with E-state index < -0.39 is 22.8 Å². The number of nitro groups is 1. The Labute approximate surface area is 177 Å². The molecule has 0 radical (unpaired) electrons. The van der Waals surface area contributed by atoms with E-state index in [1.54, 1.807) is 24.3 Å². The van der Waals surface area contributed by atoms with Crippen molar-refractivity contribution < 1.29 is 14.5 Å². The first kappa shape index (κ1) is 19.6. The van der Waals surface area contributed by atoms with Gasteiger partial charge in [0, 0.05) is 22.3 Å². The molecule has 0 fully saturated rings. The van der Waals surface area contributed by atoms with Crippen LogP contribution >= 0.6 is 11.6 Å². The number of carbonyl (C=O) groups is 2. The molecule has 0 aromatic heterocycles. The van der Waals surface area contributed by atoms with Crippen LogP contribution in [0.4, 0.5) is 11.4 Å². The first-order chi connectivity index (χ1) is 14.5. The van der Waals surface area contributed by atoms with E-state index in [0.29, 0.717) is 16.3 Å². The zero-order valence-corrected chi connectivity index (χ0v) is 16.4. The van der Waals surface area contributed by atoms with Gasteiger partial charge in [-0.15, -0.1) is 0 Å². The van der Waals surface area contributed by atoms with E-state index in [1.807, 2.05) is 30.3 Å². The number of amides is 2. The van der Waals surface area contributed by atoms with Gasteiger partial charge in [0.25, 0.3) is 11.6 Å². The molecule has 3 aromatic rings. The summed E-state index contributed by atoms with van der Waals surface area (Å²) in [6.07, 6.45) is 0. The van der Waals surface area contributed by atoms with Gasteiger partial charge in [0.05, 0.1) is 11.0 Å². The van der Waals surface area contributed by atoms with Crippen molar-refractivity contribution in [3.63, 3.8) is 0 Å². The maximum atomic E-state index is 13.5. The molecular formula is C22H16ClN3O4. The Morgan fingerprint density at radius 1 is 1.07 bits per heavy atom. The highest BCUT2D eigenvalue weighted by molar-refractivity contribution is 6.30. The molecule has 1 aliphatic rings. The fourth-order valence-corrected chi connectivity index (χ4v) is 3.81. The first-order valence-electron chi connectivity index (χ1n) is 9.14. The largest absolute Gasteiger partial charge is 0.324 e. The maximum Gasteiger partial charge on any atom is 0.282 e. The molecule has 150 valence electrons. The Morgan fingerprint density at radius 2 is 1.77 bits per heavy atom. The standard InChI is InChI=1S/C22H16ClN3O4/c23-15-10-11-18-17(12-15)21(14-6-2-1-3-7-14)25(13-20(27)24-18)22(28)16-8-4-5-9-19(16)26(29)30/h1-12,21H,13H2,(H,24,27)/t21-/m0/s1. The molecule has 7 nitrogen and oxygen atoms in total. The molecule has 8 heteroatoms. The summed E-state index contributed by atoms with van der Waals surface area (Å²) in [7, 11) is 0. The highest BCUT2D eigenvalue weighted by Gasteiger charge is 2.36. The number of benzene rings is 3. The summed E-state index contributed by atoms with van der Waals surface area (Å²) < 4.78 is 0. The second-order valence-corrected chi connectivity index (χ2v) is 7.24.